The summed E-state index contributed by atoms with van der Waals surface area (Å²) in [4.78, 5) is 18.9. The van der Waals surface area contributed by atoms with Gasteiger partial charge in [0.25, 0.3) is 0 Å². The zero-order chi connectivity index (χ0) is 13.2. The second-order valence-electron chi connectivity index (χ2n) is 5.35. The van der Waals surface area contributed by atoms with Crippen molar-refractivity contribution in [2.45, 2.75) is 39.3 Å². The van der Waals surface area contributed by atoms with Crippen molar-refractivity contribution in [3.8, 4) is 0 Å². The van der Waals surface area contributed by atoms with Crippen LogP contribution in [0.1, 0.15) is 42.7 Å². The van der Waals surface area contributed by atoms with Crippen LogP contribution in [0.2, 0.25) is 0 Å². The van der Waals surface area contributed by atoms with E-state index in [4.69, 9.17) is 0 Å². The predicted octanol–water partition coefficient (Wildman–Crippen LogP) is 1.88. The molecular weight excluding hydrogens is 238 g/mol. The highest BCUT2D eigenvalue weighted by Crippen LogP contribution is 2.19. The predicted molar refractivity (Wildman–Crippen MR) is 72.5 cm³/mol. The molecule has 1 aliphatic heterocycles. The van der Waals surface area contributed by atoms with E-state index in [0.29, 0.717) is 5.92 Å². The molecule has 5 heteroatoms. The fourth-order valence-electron chi connectivity index (χ4n) is 2.40. The van der Waals surface area contributed by atoms with Gasteiger partial charge >= 0.3 is 0 Å². The van der Waals surface area contributed by atoms with Crippen molar-refractivity contribution < 1.29 is 0 Å². The van der Waals surface area contributed by atoms with E-state index in [9.17, 15) is 0 Å². The Morgan fingerprint density at radius 3 is 3.00 bits per heavy atom. The van der Waals surface area contributed by atoms with Crippen LogP contribution in [0.25, 0.3) is 0 Å². The largest absolute Gasteiger partial charge is 0.348 e. The van der Waals surface area contributed by atoms with Crippen LogP contribution in [-0.2, 0) is 19.5 Å². The molecule has 0 bridgehead atoms. The monoisotopic (exact) mass is 257 g/mol. The molecule has 0 radical (unpaired) electrons. The SMILES string of the molecule is CC(C)c1ncc2c(n1)CCN(Cc1ncc[nH]1)C2. The Morgan fingerprint density at radius 2 is 2.26 bits per heavy atom. The van der Waals surface area contributed by atoms with Gasteiger partial charge in [-0.25, -0.2) is 15.0 Å². The lowest BCUT2D eigenvalue weighted by Gasteiger charge is -2.27. The van der Waals surface area contributed by atoms with Gasteiger partial charge < -0.3 is 4.98 Å². The maximum Gasteiger partial charge on any atom is 0.131 e. The second kappa shape index (κ2) is 5.09. The normalized spacial score (nSPS) is 15.7. The molecular formula is C14H19N5. The molecule has 0 amide bonds. The minimum Gasteiger partial charge on any atom is -0.348 e. The van der Waals surface area contributed by atoms with E-state index < -0.39 is 0 Å². The van der Waals surface area contributed by atoms with Crippen molar-refractivity contribution in [2.75, 3.05) is 6.54 Å². The Bertz CT molecular complexity index is 547. The van der Waals surface area contributed by atoms with Crippen molar-refractivity contribution in [1.29, 1.82) is 0 Å². The number of aromatic nitrogens is 4. The molecule has 1 N–H and O–H groups in total. The van der Waals surface area contributed by atoms with Crippen LogP contribution >= 0.6 is 0 Å². The molecule has 0 unspecified atom stereocenters. The first kappa shape index (κ1) is 12.3. The topological polar surface area (TPSA) is 57.7 Å². The van der Waals surface area contributed by atoms with Gasteiger partial charge in [0.1, 0.15) is 11.6 Å². The summed E-state index contributed by atoms with van der Waals surface area (Å²) in [5, 5.41) is 0. The van der Waals surface area contributed by atoms with Gasteiger partial charge in [0.15, 0.2) is 0 Å². The molecule has 3 rings (SSSR count). The maximum atomic E-state index is 4.68. The lowest BCUT2D eigenvalue weighted by molar-refractivity contribution is 0.237. The Hall–Kier alpha value is -1.75. The molecule has 3 heterocycles. The number of aromatic amines is 1. The van der Waals surface area contributed by atoms with Crippen LogP contribution in [-0.4, -0.2) is 31.4 Å². The quantitative estimate of drug-likeness (QED) is 0.912. The van der Waals surface area contributed by atoms with Crippen molar-refractivity contribution in [3.05, 3.63) is 41.5 Å². The van der Waals surface area contributed by atoms with E-state index in [0.717, 1.165) is 37.7 Å². The fourth-order valence-corrected chi connectivity index (χ4v) is 2.40. The van der Waals surface area contributed by atoms with Gasteiger partial charge in [-0.2, -0.15) is 0 Å². The first-order valence-electron chi connectivity index (χ1n) is 6.77. The number of fused-ring (bicyclic) bond motifs is 1. The first-order valence-corrected chi connectivity index (χ1v) is 6.77. The van der Waals surface area contributed by atoms with Crippen LogP contribution in [0, 0.1) is 0 Å². The lowest BCUT2D eigenvalue weighted by Crippen LogP contribution is -2.31. The lowest BCUT2D eigenvalue weighted by atomic mass is 10.1. The van der Waals surface area contributed by atoms with E-state index in [-0.39, 0.29) is 0 Å². The van der Waals surface area contributed by atoms with Gasteiger partial charge in [-0.1, -0.05) is 13.8 Å². The summed E-state index contributed by atoms with van der Waals surface area (Å²) in [7, 11) is 0. The van der Waals surface area contributed by atoms with Crippen LogP contribution in [0.5, 0.6) is 0 Å². The molecule has 100 valence electrons. The molecule has 0 saturated carbocycles. The van der Waals surface area contributed by atoms with Crippen molar-refractivity contribution >= 4 is 0 Å². The number of nitrogens with zero attached hydrogens (tertiary/aromatic N) is 4. The Morgan fingerprint density at radius 1 is 1.37 bits per heavy atom. The summed E-state index contributed by atoms with van der Waals surface area (Å²) in [6, 6.07) is 0. The molecule has 2 aromatic rings. The van der Waals surface area contributed by atoms with E-state index in [1.54, 1.807) is 6.20 Å². The molecule has 19 heavy (non-hydrogen) atoms. The van der Waals surface area contributed by atoms with Crippen LogP contribution in [0.4, 0.5) is 0 Å². The molecule has 0 saturated heterocycles. The summed E-state index contributed by atoms with van der Waals surface area (Å²) in [6.07, 6.45) is 6.65. The fraction of sp³-hybridized carbons (Fsp3) is 0.500. The average Bonchev–Trinajstić information content (AvgIpc) is 2.91. The number of hydrogen-bond acceptors (Lipinski definition) is 4. The molecule has 5 nitrogen and oxygen atoms in total. The highest BCUT2D eigenvalue weighted by atomic mass is 15.2. The Kier molecular flexibility index (Phi) is 3.29. The molecule has 0 spiro atoms. The second-order valence-corrected chi connectivity index (χ2v) is 5.35. The van der Waals surface area contributed by atoms with Gasteiger partial charge in [-0.15, -0.1) is 0 Å². The molecule has 1 aliphatic rings. The van der Waals surface area contributed by atoms with Gasteiger partial charge in [0.2, 0.25) is 0 Å². The number of imidazole rings is 1. The molecule has 0 fully saturated rings. The minimum absolute atomic E-state index is 0.395. The van der Waals surface area contributed by atoms with E-state index in [2.05, 4.69) is 38.7 Å². The summed E-state index contributed by atoms with van der Waals surface area (Å²) in [5.74, 6) is 2.37. The first-order chi connectivity index (χ1) is 9.22. The van der Waals surface area contributed by atoms with Gasteiger partial charge in [-0.05, 0) is 0 Å². The number of hydrogen-bond donors (Lipinski definition) is 1. The third-order valence-corrected chi connectivity index (χ3v) is 3.48. The van der Waals surface area contributed by atoms with E-state index >= 15 is 0 Å². The van der Waals surface area contributed by atoms with Crippen molar-refractivity contribution in [2.24, 2.45) is 0 Å². The van der Waals surface area contributed by atoms with E-state index in [1.165, 1.54) is 11.3 Å². The standard InChI is InChI=1S/C14H19N5/c1-10(2)14-17-7-11-8-19(6-3-12(11)18-14)9-13-15-4-5-16-13/h4-5,7,10H,3,6,8-9H2,1-2H3,(H,15,16). The maximum absolute atomic E-state index is 4.68. The van der Waals surface area contributed by atoms with Crippen LogP contribution in [0.3, 0.4) is 0 Å². The van der Waals surface area contributed by atoms with Gasteiger partial charge in [0, 0.05) is 55.3 Å². The number of H-pyrrole nitrogens is 1. The van der Waals surface area contributed by atoms with Crippen molar-refractivity contribution in [3.63, 3.8) is 0 Å². The molecule has 0 aliphatic carbocycles. The zero-order valence-corrected chi connectivity index (χ0v) is 11.4. The van der Waals surface area contributed by atoms with Crippen LogP contribution < -0.4 is 0 Å². The number of nitrogens with one attached hydrogen (secondary N) is 1. The summed E-state index contributed by atoms with van der Waals surface area (Å²) in [6.45, 7) is 7.07. The Balaban J connectivity index is 1.73. The zero-order valence-electron chi connectivity index (χ0n) is 11.4. The third kappa shape index (κ3) is 2.66. The highest BCUT2D eigenvalue weighted by molar-refractivity contribution is 5.21. The summed E-state index contributed by atoms with van der Waals surface area (Å²) < 4.78 is 0. The molecule has 0 aromatic carbocycles. The van der Waals surface area contributed by atoms with Crippen molar-refractivity contribution in [1.82, 2.24) is 24.8 Å². The van der Waals surface area contributed by atoms with Gasteiger partial charge in [-0.3, -0.25) is 4.90 Å². The third-order valence-electron chi connectivity index (χ3n) is 3.48. The Labute approximate surface area is 113 Å². The number of rotatable bonds is 3. The highest BCUT2D eigenvalue weighted by Gasteiger charge is 2.19. The minimum atomic E-state index is 0.395. The smallest absolute Gasteiger partial charge is 0.131 e. The van der Waals surface area contributed by atoms with E-state index in [1.807, 2.05) is 12.4 Å². The summed E-state index contributed by atoms with van der Waals surface area (Å²) >= 11 is 0. The summed E-state index contributed by atoms with van der Waals surface area (Å²) in [5.41, 5.74) is 2.47. The van der Waals surface area contributed by atoms with Gasteiger partial charge in [0.05, 0.1) is 6.54 Å². The molecule has 2 aromatic heterocycles. The molecule has 0 atom stereocenters. The average molecular weight is 257 g/mol. The van der Waals surface area contributed by atoms with Crippen LogP contribution in [0.15, 0.2) is 18.6 Å².